The third-order valence-corrected chi connectivity index (χ3v) is 5.34. The Morgan fingerprint density at radius 2 is 2.10 bits per heavy atom. The fraction of sp³-hybridized carbons (Fsp3) is 0.647. The molecule has 1 aromatic heterocycles. The first-order valence-electron chi connectivity index (χ1n) is 8.01. The Hall–Kier alpha value is -1.42. The summed E-state index contributed by atoms with van der Waals surface area (Å²) in [7, 11) is 1.86. The highest BCUT2D eigenvalue weighted by atomic mass is 16.3. The van der Waals surface area contributed by atoms with Gasteiger partial charge in [0, 0.05) is 19.4 Å². The van der Waals surface area contributed by atoms with Gasteiger partial charge in [-0.1, -0.05) is 18.9 Å². The van der Waals surface area contributed by atoms with Crippen molar-refractivity contribution >= 4 is 5.91 Å². The Morgan fingerprint density at radius 1 is 1.33 bits per heavy atom. The number of hydrogen-bond donors (Lipinski definition) is 1. The van der Waals surface area contributed by atoms with Crippen molar-refractivity contribution in [2.45, 2.75) is 62.5 Å². The van der Waals surface area contributed by atoms with E-state index in [0.29, 0.717) is 0 Å². The predicted octanol–water partition coefficient (Wildman–Crippen LogP) is 2.27. The van der Waals surface area contributed by atoms with Crippen LogP contribution in [-0.2, 0) is 10.2 Å². The van der Waals surface area contributed by atoms with Crippen molar-refractivity contribution in [1.29, 1.82) is 0 Å². The second kappa shape index (κ2) is 5.76. The topological polar surface area (TPSA) is 53.4 Å². The van der Waals surface area contributed by atoms with Gasteiger partial charge in [-0.2, -0.15) is 0 Å². The number of amides is 1. The molecule has 0 unspecified atom stereocenters. The summed E-state index contributed by atoms with van der Waals surface area (Å²) in [6.45, 7) is 0. The van der Waals surface area contributed by atoms with Crippen LogP contribution in [0.5, 0.6) is 0 Å². The third-order valence-electron chi connectivity index (χ3n) is 5.34. The van der Waals surface area contributed by atoms with Crippen LogP contribution in [-0.4, -0.2) is 40.1 Å². The lowest BCUT2D eigenvalue weighted by Crippen LogP contribution is -2.50. The number of aliphatic hydroxyl groups is 1. The Morgan fingerprint density at radius 3 is 2.67 bits per heavy atom. The summed E-state index contributed by atoms with van der Waals surface area (Å²) in [5.41, 5.74) is 0.609. The van der Waals surface area contributed by atoms with Gasteiger partial charge < -0.3 is 10.0 Å². The molecule has 2 aliphatic rings. The van der Waals surface area contributed by atoms with E-state index in [1.165, 1.54) is 0 Å². The molecule has 0 spiro atoms. The van der Waals surface area contributed by atoms with E-state index in [1.54, 1.807) is 6.20 Å². The van der Waals surface area contributed by atoms with E-state index in [0.717, 1.165) is 50.5 Å². The molecular formula is C17H24N2O2. The summed E-state index contributed by atoms with van der Waals surface area (Å²) in [5.74, 6) is 0.166. The van der Waals surface area contributed by atoms with Crippen LogP contribution in [0.4, 0.5) is 0 Å². The number of likely N-dealkylation sites (N-methyl/N-ethyl adjacent to an activating group) is 1. The van der Waals surface area contributed by atoms with E-state index >= 15 is 0 Å². The molecule has 114 valence electrons. The van der Waals surface area contributed by atoms with Gasteiger partial charge in [-0.3, -0.25) is 9.78 Å². The summed E-state index contributed by atoms with van der Waals surface area (Å²) in [6.07, 6.45) is 9.89. The molecule has 0 saturated heterocycles. The van der Waals surface area contributed by atoms with Crippen molar-refractivity contribution in [3.05, 3.63) is 30.1 Å². The maximum absolute atomic E-state index is 13.2. The van der Waals surface area contributed by atoms with Crippen LogP contribution < -0.4 is 0 Å². The van der Waals surface area contributed by atoms with Crippen molar-refractivity contribution in [2.24, 2.45) is 0 Å². The lowest BCUT2D eigenvalue weighted by atomic mass is 9.78. The standard InChI is InChI=1S/C17H24N2O2/c1-19(14-7-4-8-15(14)20)16(21)17(9-2-3-10-17)13-6-5-11-18-12-13/h5-6,11-12,14-15,20H,2-4,7-10H2,1H3/t14-,15-/m1/s1. The summed E-state index contributed by atoms with van der Waals surface area (Å²) < 4.78 is 0. The quantitative estimate of drug-likeness (QED) is 0.928. The number of rotatable bonds is 3. The van der Waals surface area contributed by atoms with Crippen molar-refractivity contribution < 1.29 is 9.90 Å². The van der Waals surface area contributed by atoms with Gasteiger partial charge in [-0.05, 0) is 43.7 Å². The van der Waals surface area contributed by atoms with Crippen LogP contribution in [0.3, 0.4) is 0 Å². The summed E-state index contributed by atoms with van der Waals surface area (Å²) in [4.78, 5) is 19.2. The SMILES string of the molecule is CN(C(=O)C1(c2cccnc2)CCCC1)[C@@H]1CCC[C@H]1O. The van der Waals surface area contributed by atoms with E-state index in [1.807, 2.05) is 30.3 Å². The fourth-order valence-electron chi connectivity index (χ4n) is 4.11. The molecule has 2 fully saturated rings. The number of pyridine rings is 1. The number of aromatic nitrogens is 1. The Bertz CT molecular complexity index is 497. The highest BCUT2D eigenvalue weighted by Gasteiger charge is 2.46. The van der Waals surface area contributed by atoms with Crippen molar-refractivity contribution in [1.82, 2.24) is 9.88 Å². The minimum atomic E-state index is -0.425. The molecule has 0 bridgehead atoms. The van der Waals surface area contributed by atoms with Gasteiger partial charge in [-0.25, -0.2) is 0 Å². The predicted molar refractivity (Wildman–Crippen MR) is 80.8 cm³/mol. The molecule has 1 amide bonds. The zero-order valence-electron chi connectivity index (χ0n) is 12.7. The smallest absolute Gasteiger partial charge is 0.233 e. The van der Waals surface area contributed by atoms with Gasteiger partial charge in [0.25, 0.3) is 0 Å². The Balaban J connectivity index is 1.89. The minimum Gasteiger partial charge on any atom is -0.391 e. The van der Waals surface area contributed by atoms with E-state index in [2.05, 4.69) is 4.98 Å². The Kier molecular flexibility index (Phi) is 3.98. The summed E-state index contributed by atoms with van der Waals surface area (Å²) in [5, 5.41) is 10.1. The van der Waals surface area contributed by atoms with Crippen molar-refractivity contribution in [3.63, 3.8) is 0 Å². The monoisotopic (exact) mass is 288 g/mol. The van der Waals surface area contributed by atoms with E-state index in [9.17, 15) is 9.90 Å². The normalized spacial score (nSPS) is 27.7. The average Bonchev–Trinajstić information content (AvgIpc) is 3.16. The molecule has 21 heavy (non-hydrogen) atoms. The molecule has 0 radical (unpaired) electrons. The van der Waals surface area contributed by atoms with Crippen molar-refractivity contribution in [3.8, 4) is 0 Å². The van der Waals surface area contributed by atoms with Crippen LogP contribution in [0.25, 0.3) is 0 Å². The summed E-state index contributed by atoms with van der Waals surface area (Å²) in [6, 6.07) is 3.91. The fourth-order valence-corrected chi connectivity index (χ4v) is 4.11. The van der Waals surface area contributed by atoms with Gasteiger partial charge in [0.05, 0.1) is 17.6 Å². The molecule has 1 heterocycles. The summed E-state index contributed by atoms with van der Waals surface area (Å²) >= 11 is 0. The lowest BCUT2D eigenvalue weighted by Gasteiger charge is -2.36. The van der Waals surface area contributed by atoms with Gasteiger partial charge in [0.2, 0.25) is 5.91 Å². The molecular weight excluding hydrogens is 264 g/mol. The number of carbonyl (C=O) groups is 1. The van der Waals surface area contributed by atoms with Crippen LogP contribution in [0.1, 0.15) is 50.5 Å². The number of nitrogens with zero attached hydrogens (tertiary/aromatic N) is 2. The molecule has 0 aliphatic heterocycles. The minimum absolute atomic E-state index is 0.0216. The van der Waals surface area contributed by atoms with Gasteiger partial charge >= 0.3 is 0 Å². The lowest BCUT2D eigenvalue weighted by molar-refractivity contribution is -0.140. The van der Waals surface area contributed by atoms with E-state index in [-0.39, 0.29) is 18.1 Å². The van der Waals surface area contributed by atoms with Crippen LogP contribution in [0.2, 0.25) is 0 Å². The molecule has 3 rings (SSSR count). The van der Waals surface area contributed by atoms with Crippen LogP contribution in [0, 0.1) is 0 Å². The van der Waals surface area contributed by atoms with Gasteiger partial charge in [0.1, 0.15) is 0 Å². The first-order chi connectivity index (χ1) is 10.1. The highest BCUT2D eigenvalue weighted by Crippen LogP contribution is 2.43. The molecule has 1 aromatic rings. The Labute approximate surface area is 126 Å². The van der Waals surface area contributed by atoms with Gasteiger partial charge in [0.15, 0.2) is 0 Å². The maximum Gasteiger partial charge on any atom is 0.233 e. The molecule has 0 aromatic carbocycles. The molecule has 1 N–H and O–H groups in total. The zero-order valence-corrected chi connectivity index (χ0v) is 12.7. The second-order valence-electron chi connectivity index (χ2n) is 6.51. The first kappa shape index (κ1) is 14.5. The molecule has 4 nitrogen and oxygen atoms in total. The number of aliphatic hydroxyl groups excluding tert-OH is 1. The van der Waals surface area contributed by atoms with Gasteiger partial charge in [-0.15, -0.1) is 0 Å². The average molecular weight is 288 g/mol. The van der Waals surface area contributed by atoms with Crippen LogP contribution >= 0.6 is 0 Å². The highest BCUT2D eigenvalue weighted by molar-refractivity contribution is 5.88. The molecule has 2 saturated carbocycles. The largest absolute Gasteiger partial charge is 0.391 e. The van der Waals surface area contributed by atoms with Crippen molar-refractivity contribution in [2.75, 3.05) is 7.05 Å². The second-order valence-corrected chi connectivity index (χ2v) is 6.51. The third kappa shape index (κ3) is 2.46. The molecule has 2 aliphatic carbocycles. The zero-order chi connectivity index (χ0) is 14.9. The molecule has 2 atom stereocenters. The van der Waals surface area contributed by atoms with E-state index in [4.69, 9.17) is 0 Å². The number of carbonyl (C=O) groups excluding carboxylic acids is 1. The maximum atomic E-state index is 13.2. The van der Waals surface area contributed by atoms with E-state index < -0.39 is 5.41 Å². The molecule has 4 heteroatoms. The first-order valence-corrected chi connectivity index (χ1v) is 8.01. The van der Waals surface area contributed by atoms with Crippen LogP contribution in [0.15, 0.2) is 24.5 Å². The number of hydrogen-bond acceptors (Lipinski definition) is 3.